The number of aryl methyl sites for hydroxylation is 1. The molecule has 30 heavy (non-hydrogen) atoms. The van der Waals surface area contributed by atoms with Crippen LogP contribution in [0.3, 0.4) is 0 Å². The Kier molecular flexibility index (Phi) is 7.72. The van der Waals surface area contributed by atoms with Crippen molar-refractivity contribution in [2.75, 3.05) is 27.3 Å². The Bertz CT molecular complexity index is 857. The van der Waals surface area contributed by atoms with Gasteiger partial charge in [0.1, 0.15) is 11.5 Å². The van der Waals surface area contributed by atoms with Gasteiger partial charge in [-0.25, -0.2) is 4.99 Å². The third kappa shape index (κ3) is 5.44. The van der Waals surface area contributed by atoms with E-state index in [0.717, 1.165) is 6.54 Å². The molecular formula is C22H27F3N2O3. The number of methoxy groups -OCH3 is 1. The fraction of sp³-hybridized carbons (Fsp3) is 0.409. The molecule has 0 aliphatic carbocycles. The van der Waals surface area contributed by atoms with Crippen molar-refractivity contribution < 1.29 is 27.8 Å². The highest BCUT2D eigenvalue weighted by molar-refractivity contribution is 5.65. The first-order valence-corrected chi connectivity index (χ1v) is 9.53. The number of halogens is 3. The van der Waals surface area contributed by atoms with E-state index in [-0.39, 0.29) is 17.9 Å². The number of nitrogens with zero attached hydrogens (tertiary/aromatic N) is 2. The average Bonchev–Trinajstić information content (AvgIpc) is 2.72. The number of benzene rings is 2. The van der Waals surface area contributed by atoms with Gasteiger partial charge in [0.2, 0.25) is 0 Å². The monoisotopic (exact) mass is 424 g/mol. The van der Waals surface area contributed by atoms with E-state index in [1.54, 1.807) is 43.6 Å². The molecule has 1 atom stereocenters. The smallest absolute Gasteiger partial charge is 0.421 e. The second kappa shape index (κ2) is 9.84. The maximum absolute atomic E-state index is 14.0. The van der Waals surface area contributed by atoms with Crippen LogP contribution in [0.2, 0.25) is 0 Å². The topological polar surface area (TPSA) is 54.3 Å². The number of rotatable bonds is 9. The number of hydrogen-bond acceptors (Lipinski definition) is 4. The fourth-order valence-corrected chi connectivity index (χ4v) is 2.81. The zero-order valence-electron chi connectivity index (χ0n) is 17.5. The zero-order valence-corrected chi connectivity index (χ0v) is 17.5. The van der Waals surface area contributed by atoms with Gasteiger partial charge >= 0.3 is 6.18 Å². The predicted octanol–water partition coefficient (Wildman–Crippen LogP) is 4.83. The van der Waals surface area contributed by atoms with Gasteiger partial charge in [-0.05, 0) is 37.6 Å². The molecule has 2 aromatic rings. The van der Waals surface area contributed by atoms with Gasteiger partial charge in [-0.1, -0.05) is 18.2 Å². The van der Waals surface area contributed by atoms with Gasteiger partial charge in [-0.3, -0.25) is 0 Å². The first-order chi connectivity index (χ1) is 14.1. The average molecular weight is 424 g/mol. The first-order valence-electron chi connectivity index (χ1n) is 9.53. The summed E-state index contributed by atoms with van der Waals surface area (Å²) >= 11 is 0. The van der Waals surface area contributed by atoms with Crippen LogP contribution in [0.1, 0.15) is 24.5 Å². The first kappa shape index (κ1) is 23.5. The van der Waals surface area contributed by atoms with E-state index in [4.69, 9.17) is 9.47 Å². The normalized spacial score (nSPS) is 13.9. The van der Waals surface area contributed by atoms with Crippen LogP contribution in [0.15, 0.2) is 47.5 Å². The van der Waals surface area contributed by atoms with Gasteiger partial charge in [0, 0.05) is 31.6 Å². The summed E-state index contributed by atoms with van der Waals surface area (Å²) in [6, 6.07) is 11.1. The number of ether oxygens (including phenoxy) is 2. The van der Waals surface area contributed by atoms with Crippen LogP contribution in [-0.4, -0.2) is 49.8 Å². The molecule has 1 unspecified atom stereocenters. The van der Waals surface area contributed by atoms with Crippen LogP contribution in [0, 0.1) is 6.92 Å². The van der Waals surface area contributed by atoms with E-state index in [1.807, 2.05) is 18.9 Å². The Morgan fingerprint density at radius 3 is 2.40 bits per heavy atom. The Morgan fingerprint density at radius 1 is 1.17 bits per heavy atom. The Hall–Kier alpha value is -2.74. The predicted molar refractivity (Wildman–Crippen MR) is 111 cm³/mol. The van der Waals surface area contributed by atoms with Crippen LogP contribution >= 0.6 is 0 Å². The molecule has 0 aromatic heterocycles. The molecule has 0 saturated carbocycles. The van der Waals surface area contributed by atoms with E-state index in [9.17, 15) is 18.3 Å². The van der Waals surface area contributed by atoms with Crippen molar-refractivity contribution in [2.24, 2.45) is 4.99 Å². The number of alkyl halides is 3. The molecule has 0 aliphatic rings. The van der Waals surface area contributed by atoms with Crippen molar-refractivity contribution in [1.29, 1.82) is 0 Å². The lowest BCUT2D eigenvalue weighted by Gasteiger charge is -2.32. The Morgan fingerprint density at radius 2 is 1.83 bits per heavy atom. The molecule has 0 heterocycles. The second-order valence-electron chi connectivity index (χ2n) is 6.93. The minimum atomic E-state index is -4.93. The summed E-state index contributed by atoms with van der Waals surface area (Å²) in [5.41, 5.74) is -2.56. The summed E-state index contributed by atoms with van der Waals surface area (Å²) in [7, 11) is 3.09. The van der Waals surface area contributed by atoms with E-state index in [2.05, 4.69) is 4.99 Å². The molecule has 0 spiro atoms. The quantitative estimate of drug-likeness (QED) is 0.463. The third-order valence-electron chi connectivity index (χ3n) is 4.80. The molecule has 0 amide bonds. The largest absolute Gasteiger partial charge is 0.496 e. The summed E-state index contributed by atoms with van der Waals surface area (Å²) in [5, 5.41) is 10.7. The molecule has 0 radical (unpaired) electrons. The lowest BCUT2D eigenvalue weighted by Crippen LogP contribution is -2.43. The molecule has 0 bridgehead atoms. The van der Waals surface area contributed by atoms with Crippen LogP contribution in [-0.2, 0) is 5.60 Å². The lowest BCUT2D eigenvalue weighted by molar-refractivity contribution is -0.271. The van der Waals surface area contributed by atoms with Gasteiger partial charge in [-0.15, -0.1) is 0 Å². The van der Waals surface area contributed by atoms with E-state index >= 15 is 0 Å². The van der Waals surface area contributed by atoms with Crippen molar-refractivity contribution in [3.05, 3.63) is 53.6 Å². The molecule has 2 rings (SSSR count). The van der Waals surface area contributed by atoms with Crippen molar-refractivity contribution in [3.8, 4) is 11.5 Å². The van der Waals surface area contributed by atoms with Gasteiger partial charge in [0.15, 0.2) is 5.60 Å². The van der Waals surface area contributed by atoms with Crippen molar-refractivity contribution in [1.82, 2.24) is 4.90 Å². The number of para-hydroxylation sites is 1. The molecule has 164 valence electrons. The van der Waals surface area contributed by atoms with Gasteiger partial charge < -0.3 is 19.5 Å². The summed E-state index contributed by atoms with van der Waals surface area (Å²) in [5.74, 6) is 0.335. The summed E-state index contributed by atoms with van der Waals surface area (Å²) in [4.78, 5) is 6.13. The highest BCUT2D eigenvalue weighted by Gasteiger charge is 2.56. The van der Waals surface area contributed by atoms with E-state index < -0.39 is 18.2 Å². The minimum absolute atomic E-state index is 0.0913. The van der Waals surface area contributed by atoms with Crippen LogP contribution in [0.4, 0.5) is 18.9 Å². The SMILES string of the molecule is CCN(C)C=Nc1cc(OC)c(C(O)(CCOc2ccccc2)C(F)(F)F)cc1C. The molecule has 2 aromatic carbocycles. The molecular weight excluding hydrogens is 397 g/mol. The van der Waals surface area contributed by atoms with Gasteiger partial charge in [-0.2, -0.15) is 13.2 Å². The highest BCUT2D eigenvalue weighted by atomic mass is 19.4. The number of aliphatic imine (C=N–C) groups is 1. The summed E-state index contributed by atoms with van der Waals surface area (Å²) in [6.45, 7) is 3.98. The second-order valence-corrected chi connectivity index (χ2v) is 6.93. The van der Waals surface area contributed by atoms with Crippen LogP contribution < -0.4 is 9.47 Å². The van der Waals surface area contributed by atoms with Crippen molar-refractivity contribution in [3.63, 3.8) is 0 Å². The maximum Gasteiger partial charge on any atom is 0.421 e. The molecule has 0 fully saturated rings. The van der Waals surface area contributed by atoms with Gasteiger partial charge in [0.25, 0.3) is 0 Å². The number of hydrogen-bond donors (Lipinski definition) is 1. The third-order valence-corrected chi connectivity index (χ3v) is 4.80. The molecule has 8 heteroatoms. The van der Waals surface area contributed by atoms with E-state index in [1.165, 1.54) is 19.2 Å². The summed E-state index contributed by atoms with van der Waals surface area (Å²) in [6.07, 6.45) is -4.03. The lowest BCUT2D eigenvalue weighted by atomic mass is 9.87. The molecule has 0 saturated heterocycles. The molecule has 0 aliphatic heterocycles. The van der Waals surface area contributed by atoms with Crippen molar-refractivity contribution in [2.45, 2.75) is 32.0 Å². The molecule has 1 N–H and O–H groups in total. The Balaban J connectivity index is 2.38. The number of aliphatic hydroxyl groups is 1. The van der Waals surface area contributed by atoms with E-state index in [0.29, 0.717) is 17.0 Å². The fourth-order valence-electron chi connectivity index (χ4n) is 2.81. The maximum atomic E-state index is 14.0. The van der Waals surface area contributed by atoms with Gasteiger partial charge in [0.05, 0.1) is 25.7 Å². The highest BCUT2D eigenvalue weighted by Crippen LogP contribution is 2.46. The van der Waals surface area contributed by atoms with Crippen LogP contribution in [0.5, 0.6) is 11.5 Å². The minimum Gasteiger partial charge on any atom is -0.496 e. The van der Waals surface area contributed by atoms with Crippen molar-refractivity contribution >= 4 is 12.0 Å². The summed E-state index contributed by atoms with van der Waals surface area (Å²) < 4.78 is 52.5. The standard InChI is InChI=1S/C22H27F3N2O3/c1-5-27(3)15-26-19-14-20(29-4)18(13-16(19)2)21(28,22(23,24)25)11-12-30-17-9-7-6-8-10-17/h6-10,13-15,28H,5,11-12H2,1-4H3. The van der Waals surface area contributed by atoms with Crippen LogP contribution in [0.25, 0.3) is 0 Å². The zero-order chi connectivity index (χ0) is 22.4. The Labute approximate surface area is 174 Å². The molecule has 5 nitrogen and oxygen atoms in total.